The molecule has 0 aliphatic heterocycles. The molecule has 9 aromatic rings. The maximum absolute atomic E-state index is 16.4. The third-order valence-electron chi connectivity index (χ3n) is 9.27. The lowest BCUT2D eigenvalue weighted by Gasteiger charge is -2.15. The number of hydrogen-bond acceptors (Lipinski definition) is 2. The molecule has 0 spiro atoms. The minimum absolute atomic E-state index is 0.269. The van der Waals surface area contributed by atoms with Crippen molar-refractivity contribution in [3.8, 4) is 61.8 Å². The summed E-state index contributed by atoms with van der Waals surface area (Å²) in [7, 11) is 0. The second-order valence-electron chi connectivity index (χ2n) is 12.3. The summed E-state index contributed by atoms with van der Waals surface area (Å²) in [6, 6.07) is 61.4. The third kappa shape index (κ3) is 5.15. The summed E-state index contributed by atoms with van der Waals surface area (Å²) in [6.07, 6.45) is 0. The first kappa shape index (κ1) is 29.5. The van der Waals surface area contributed by atoms with E-state index < -0.39 is 5.82 Å². The van der Waals surface area contributed by atoms with E-state index in [9.17, 15) is 0 Å². The van der Waals surface area contributed by atoms with Gasteiger partial charge in [-0.2, -0.15) is 0 Å². The number of hydrogen-bond donors (Lipinski definition) is 0. The van der Waals surface area contributed by atoms with Crippen molar-refractivity contribution in [2.75, 3.05) is 0 Å². The van der Waals surface area contributed by atoms with Gasteiger partial charge in [-0.05, 0) is 52.6 Å². The minimum Gasteiger partial charge on any atom is -0.309 e. The summed E-state index contributed by atoms with van der Waals surface area (Å²) in [5.74, 6) is 0.00954. The zero-order valence-electron chi connectivity index (χ0n) is 27.0. The monoisotopic (exact) mass is 643 g/mol. The van der Waals surface area contributed by atoms with E-state index in [1.54, 1.807) is 0 Å². The Labute approximate surface area is 289 Å². The van der Waals surface area contributed by atoms with Crippen molar-refractivity contribution in [2.45, 2.75) is 0 Å². The van der Waals surface area contributed by atoms with Crippen LogP contribution in [-0.2, 0) is 0 Å². The van der Waals surface area contributed by atoms with Gasteiger partial charge in [-0.3, -0.25) is 0 Å². The van der Waals surface area contributed by atoms with Gasteiger partial charge in [0.05, 0.1) is 11.0 Å². The van der Waals surface area contributed by atoms with Crippen molar-refractivity contribution in [3.05, 3.63) is 188 Å². The maximum atomic E-state index is 16.4. The van der Waals surface area contributed by atoms with Crippen LogP contribution >= 0.6 is 0 Å². The molecule has 0 radical (unpaired) electrons. The Morgan fingerprint density at radius 3 is 1.52 bits per heavy atom. The molecule has 0 saturated heterocycles. The lowest BCUT2D eigenvalue weighted by molar-refractivity contribution is 0.623. The predicted molar refractivity (Wildman–Crippen MR) is 204 cm³/mol. The van der Waals surface area contributed by atoms with Crippen molar-refractivity contribution in [1.82, 2.24) is 14.5 Å². The summed E-state index contributed by atoms with van der Waals surface area (Å²) >= 11 is 0. The highest BCUT2D eigenvalue weighted by Gasteiger charge is 2.21. The SMILES string of the molecule is Fc1c(-c2ccccc2)nc(-c2cc(-c3ccccc3)cc(-n3c4ccccc4c4c(-c5ccccc5)cccc43)c2)nc1-c1ccccc1. The number of benzene rings is 7. The Balaban J connectivity index is 1.34. The van der Waals surface area contributed by atoms with E-state index in [1.807, 2.05) is 84.9 Å². The van der Waals surface area contributed by atoms with Crippen LogP contribution in [-0.4, -0.2) is 14.5 Å². The average Bonchev–Trinajstić information content (AvgIpc) is 3.54. The Kier molecular flexibility index (Phi) is 7.33. The molecule has 50 heavy (non-hydrogen) atoms. The van der Waals surface area contributed by atoms with E-state index in [-0.39, 0.29) is 11.4 Å². The lowest BCUT2D eigenvalue weighted by atomic mass is 9.99. The van der Waals surface area contributed by atoms with E-state index >= 15 is 4.39 Å². The molecule has 4 heteroatoms. The van der Waals surface area contributed by atoms with Crippen LogP contribution in [0.1, 0.15) is 0 Å². The van der Waals surface area contributed by atoms with E-state index in [1.165, 1.54) is 21.9 Å². The Bertz CT molecular complexity index is 2570. The molecule has 3 nitrogen and oxygen atoms in total. The highest BCUT2D eigenvalue weighted by atomic mass is 19.1. The van der Waals surface area contributed by atoms with Crippen LogP contribution in [0.4, 0.5) is 4.39 Å². The molecule has 2 heterocycles. The number of halogens is 1. The molecular formula is C46H30FN3. The molecule has 0 amide bonds. The van der Waals surface area contributed by atoms with Crippen LogP contribution in [0.3, 0.4) is 0 Å². The van der Waals surface area contributed by atoms with E-state index in [2.05, 4.69) is 102 Å². The largest absolute Gasteiger partial charge is 0.309 e. The fraction of sp³-hybridized carbons (Fsp3) is 0. The van der Waals surface area contributed by atoms with E-state index in [0.29, 0.717) is 17.0 Å². The summed E-state index contributed by atoms with van der Waals surface area (Å²) in [5, 5.41) is 2.36. The van der Waals surface area contributed by atoms with E-state index in [0.717, 1.165) is 33.4 Å². The van der Waals surface area contributed by atoms with Crippen molar-refractivity contribution >= 4 is 21.8 Å². The third-order valence-corrected chi connectivity index (χ3v) is 9.27. The normalized spacial score (nSPS) is 11.3. The van der Waals surface area contributed by atoms with Gasteiger partial charge in [-0.1, -0.05) is 152 Å². The van der Waals surface area contributed by atoms with Gasteiger partial charge >= 0.3 is 0 Å². The zero-order valence-corrected chi connectivity index (χ0v) is 27.0. The maximum Gasteiger partial charge on any atom is 0.175 e. The molecule has 0 bridgehead atoms. The number of fused-ring (bicyclic) bond motifs is 3. The fourth-order valence-corrected chi connectivity index (χ4v) is 6.97. The number of rotatable bonds is 6. The first-order chi connectivity index (χ1) is 24.7. The number of para-hydroxylation sites is 1. The molecule has 236 valence electrons. The predicted octanol–water partition coefficient (Wildman–Crippen LogP) is 12.0. The van der Waals surface area contributed by atoms with Gasteiger partial charge in [0.1, 0.15) is 11.4 Å². The van der Waals surface area contributed by atoms with Gasteiger partial charge < -0.3 is 4.57 Å². The molecule has 2 aromatic heterocycles. The molecule has 9 rings (SSSR count). The summed E-state index contributed by atoms with van der Waals surface area (Å²) in [6.45, 7) is 0. The van der Waals surface area contributed by atoms with Gasteiger partial charge in [0.25, 0.3) is 0 Å². The fourth-order valence-electron chi connectivity index (χ4n) is 6.97. The van der Waals surface area contributed by atoms with Crippen molar-refractivity contribution < 1.29 is 4.39 Å². The standard InChI is InChI=1S/C46H30FN3/c47-43-44(33-20-9-3-10-21-33)48-46(49-45(43)34-22-11-4-12-23-34)36-28-35(31-16-5-1-6-17-31)29-37(30-36)50-40-26-14-13-24-39(40)42-38(25-15-27-41(42)50)32-18-7-2-8-19-32/h1-30H. The smallest absolute Gasteiger partial charge is 0.175 e. The van der Waals surface area contributed by atoms with Crippen molar-refractivity contribution in [1.29, 1.82) is 0 Å². The molecule has 0 atom stereocenters. The zero-order chi connectivity index (χ0) is 33.4. The van der Waals surface area contributed by atoms with Gasteiger partial charge in [-0.15, -0.1) is 0 Å². The number of nitrogens with zero attached hydrogens (tertiary/aromatic N) is 3. The molecule has 0 N–H and O–H groups in total. The van der Waals surface area contributed by atoms with Crippen LogP contribution in [0.5, 0.6) is 0 Å². The van der Waals surface area contributed by atoms with Crippen LogP contribution < -0.4 is 0 Å². The Morgan fingerprint density at radius 2 is 0.900 bits per heavy atom. The van der Waals surface area contributed by atoms with Crippen LogP contribution in [0, 0.1) is 5.82 Å². The van der Waals surface area contributed by atoms with E-state index in [4.69, 9.17) is 9.97 Å². The van der Waals surface area contributed by atoms with Gasteiger partial charge in [0, 0.05) is 33.2 Å². The highest BCUT2D eigenvalue weighted by molar-refractivity contribution is 6.15. The van der Waals surface area contributed by atoms with Crippen LogP contribution in [0.2, 0.25) is 0 Å². The molecule has 0 unspecified atom stereocenters. The topological polar surface area (TPSA) is 30.7 Å². The van der Waals surface area contributed by atoms with Crippen LogP contribution in [0.15, 0.2) is 182 Å². The molecule has 7 aromatic carbocycles. The Morgan fingerprint density at radius 1 is 0.400 bits per heavy atom. The number of aromatic nitrogens is 3. The average molecular weight is 644 g/mol. The quantitative estimate of drug-likeness (QED) is 0.180. The molecule has 0 saturated carbocycles. The van der Waals surface area contributed by atoms with Crippen LogP contribution in [0.25, 0.3) is 83.6 Å². The summed E-state index contributed by atoms with van der Waals surface area (Å²) in [5.41, 5.74) is 10.3. The molecule has 0 aliphatic carbocycles. The summed E-state index contributed by atoms with van der Waals surface area (Å²) in [4.78, 5) is 9.88. The summed E-state index contributed by atoms with van der Waals surface area (Å²) < 4.78 is 18.7. The highest BCUT2D eigenvalue weighted by Crippen LogP contribution is 2.40. The molecular weight excluding hydrogens is 614 g/mol. The first-order valence-corrected chi connectivity index (χ1v) is 16.7. The lowest BCUT2D eigenvalue weighted by Crippen LogP contribution is -2.02. The van der Waals surface area contributed by atoms with Gasteiger partial charge in [-0.25, -0.2) is 14.4 Å². The molecule has 0 aliphatic rings. The Hall–Kier alpha value is -6.65. The second kappa shape index (κ2) is 12.4. The van der Waals surface area contributed by atoms with Crippen molar-refractivity contribution in [2.24, 2.45) is 0 Å². The second-order valence-corrected chi connectivity index (χ2v) is 12.3. The van der Waals surface area contributed by atoms with Gasteiger partial charge in [0.15, 0.2) is 11.6 Å². The van der Waals surface area contributed by atoms with Gasteiger partial charge in [0.2, 0.25) is 0 Å². The molecule has 0 fully saturated rings. The van der Waals surface area contributed by atoms with Crippen molar-refractivity contribution in [3.63, 3.8) is 0 Å². The first-order valence-electron chi connectivity index (χ1n) is 16.7. The minimum atomic E-state index is -0.443.